The molecule has 2 N–H and O–H groups in total. The van der Waals surface area contributed by atoms with E-state index >= 15 is 0 Å². The third kappa shape index (κ3) is 3.60. The predicted molar refractivity (Wildman–Crippen MR) is 74.1 cm³/mol. The maximum absolute atomic E-state index is 11.9. The van der Waals surface area contributed by atoms with E-state index < -0.39 is 0 Å². The number of nitriles is 1. The average molecular weight is 279 g/mol. The Bertz CT molecular complexity index is 506. The molecule has 0 atom stereocenters. The summed E-state index contributed by atoms with van der Waals surface area (Å²) in [5, 5.41) is 15.4. The van der Waals surface area contributed by atoms with Gasteiger partial charge in [0.05, 0.1) is 28.9 Å². The van der Waals surface area contributed by atoms with Gasteiger partial charge in [0, 0.05) is 26.2 Å². The van der Waals surface area contributed by atoms with Crippen molar-refractivity contribution in [2.24, 2.45) is 0 Å². The van der Waals surface area contributed by atoms with Crippen LogP contribution < -0.4 is 10.6 Å². The number of carbonyl (C=O) groups excluding carboxylic acids is 1. The molecule has 19 heavy (non-hydrogen) atoms. The second kappa shape index (κ2) is 6.41. The van der Waals surface area contributed by atoms with Gasteiger partial charge in [0.15, 0.2) is 0 Å². The molecule has 0 aliphatic carbocycles. The summed E-state index contributed by atoms with van der Waals surface area (Å²) < 4.78 is 0. The van der Waals surface area contributed by atoms with Gasteiger partial charge in [-0.1, -0.05) is 11.6 Å². The lowest BCUT2D eigenvalue weighted by Crippen LogP contribution is -2.48. The summed E-state index contributed by atoms with van der Waals surface area (Å²) in [4.78, 5) is 13.8. The molecule has 1 amide bonds. The zero-order valence-corrected chi connectivity index (χ0v) is 11.2. The number of piperazine rings is 1. The number of nitrogens with zero attached hydrogens (tertiary/aromatic N) is 2. The molecular formula is C13H15ClN4O. The largest absolute Gasteiger partial charge is 0.375 e. The SMILES string of the molecule is N#Cc1ccc(NCC(=O)N2CCNCC2)c(Cl)c1. The van der Waals surface area contributed by atoms with Crippen molar-refractivity contribution in [1.82, 2.24) is 10.2 Å². The van der Waals surface area contributed by atoms with Crippen molar-refractivity contribution in [1.29, 1.82) is 5.26 Å². The minimum Gasteiger partial charge on any atom is -0.375 e. The number of halogens is 1. The fraction of sp³-hybridized carbons (Fsp3) is 0.385. The summed E-state index contributed by atoms with van der Waals surface area (Å²) in [6.07, 6.45) is 0. The van der Waals surface area contributed by atoms with Gasteiger partial charge in [0.1, 0.15) is 0 Å². The number of amides is 1. The van der Waals surface area contributed by atoms with E-state index in [1.54, 1.807) is 18.2 Å². The Morgan fingerprint density at radius 2 is 2.21 bits per heavy atom. The zero-order chi connectivity index (χ0) is 13.7. The molecule has 1 aromatic rings. The Kier molecular flexibility index (Phi) is 4.61. The molecule has 6 heteroatoms. The van der Waals surface area contributed by atoms with Crippen molar-refractivity contribution in [2.45, 2.75) is 0 Å². The molecule has 1 aliphatic heterocycles. The van der Waals surface area contributed by atoms with E-state index in [0.29, 0.717) is 16.3 Å². The molecular weight excluding hydrogens is 264 g/mol. The number of hydrogen-bond acceptors (Lipinski definition) is 4. The highest BCUT2D eigenvalue weighted by molar-refractivity contribution is 6.33. The molecule has 0 radical (unpaired) electrons. The van der Waals surface area contributed by atoms with Crippen LogP contribution in [0, 0.1) is 11.3 Å². The first kappa shape index (κ1) is 13.7. The minimum absolute atomic E-state index is 0.0573. The molecule has 1 aliphatic rings. The van der Waals surface area contributed by atoms with Gasteiger partial charge < -0.3 is 15.5 Å². The van der Waals surface area contributed by atoms with E-state index in [4.69, 9.17) is 16.9 Å². The van der Waals surface area contributed by atoms with Crippen molar-refractivity contribution in [2.75, 3.05) is 38.0 Å². The molecule has 0 saturated carbocycles. The van der Waals surface area contributed by atoms with E-state index in [1.807, 2.05) is 11.0 Å². The zero-order valence-electron chi connectivity index (χ0n) is 10.4. The molecule has 0 bridgehead atoms. The van der Waals surface area contributed by atoms with Crippen LogP contribution in [-0.4, -0.2) is 43.5 Å². The van der Waals surface area contributed by atoms with Crippen molar-refractivity contribution < 1.29 is 4.79 Å². The van der Waals surface area contributed by atoms with Gasteiger partial charge in [0.2, 0.25) is 5.91 Å². The van der Waals surface area contributed by atoms with Crippen LogP contribution in [0.3, 0.4) is 0 Å². The first-order chi connectivity index (χ1) is 9.20. The lowest BCUT2D eigenvalue weighted by molar-refractivity contribution is -0.129. The van der Waals surface area contributed by atoms with Crippen LogP contribution in [0.1, 0.15) is 5.56 Å². The fourth-order valence-electron chi connectivity index (χ4n) is 1.92. The molecule has 1 heterocycles. The summed E-state index contributed by atoms with van der Waals surface area (Å²) in [5.74, 6) is 0.0573. The summed E-state index contributed by atoms with van der Waals surface area (Å²) in [6, 6.07) is 6.98. The number of hydrogen-bond donors (Lipinski definition) is 2. The van der Waals surface area contributed by atoms with Gasteiger partial charge in [0.25, 0.3) is 0 Å². The highest BCUT2D eigenvalue weighted by atomic mass is 35.5. The Balaban J connectivity index is 1.91. The van der Waals surface area contributed by atoms with Crippen LogP contribution in [0.5, 0.6) is 0 Å². The topological polar surface area (TPSA) is 68.2 Å². The van der Waals surface area contributed by atoms with Crippen LogP contribution in [0.2, 0.25) is 5.02 Å². The monoisotopic (exact) mass is 278 g/mol. The molecule has 5 nitrogen and oxygen atoms in total. The van der Waals surface area contributed by atoms with Crippen LogP contribution in [0.15, 0.2) is 18.2 Å². The lowest BCUT2D eigenvalue weighted by Gasteiger charge is -2.27. The molecule has 1 aromatic carbocycles. The number of nitrogens with one attached hydrogen (secondary N) is 2. The van der Waals surface area contributed by atoms with Gasteiger partial charge >= 0.3 is 0 Å². The van der Waals surface area contributed by atoms with Crippen molar-refractivity contribution >= 4 is 23.2 Å². The molecule has 100 valence electrons. The van der Waals surface area contributed by atoms with Gasteiger partial charge in [-0.05, 0) is 18.2 Å². The van der Waals surface area contributed by atoms with Gasteiger partial charge in [-0.25, -0.2) is 0 Å². The molecule has 0 unspecified atom stereocenters. The second-order valence-corrected chi connectivity index (χ2v) is 4.70. The fourth-order valence-corrected chi connectivity index (χ4v) is 2.17. The van der Waals surface area contributed by atoms with Crippen LogP contribution >= 0.6 is 11.6 Å². The highest BCUT2D eigenvalue weighted by Crippen LogP contribution is 2.22. The highest BCUT2D eigenvalue weighted by Gasteiger charge is 2.15. The van der Waals surface area contributed by atoms with E-state index in [0.717, 1.165) is 26.2 Å². The third-order valence-corrected chi connectivity index (χ3v) is 3.31. The average Bonchev–Trinajstić information content (AvgIpc) is 2.46. The van der Waals surface area contributed by atoms with Crippen molar-refractivity contribution in [3.8, 4) is 6.07 Å². The Morgan fingerprint density at radius 3 is 2.84 bits per heavy atom. The van der Waals surface area contributed by atoms with Gasteiger partial charge in [-0.15, -0.1) is 0 Å². The summed E-state index contributed by atoms with van der Waals surface area (Å²) in [5.41, 5.74) is 1.17. The molecule has 1 fully saturated rings. The minimum atomic E-state index is 0.0573. The second-order valence-electron chi connectivity index (χ2n) is 4.29. The normalized spacial score (nSPS) is 14.8. The maximum Gasteiger partial charge on any atom is 0.241 e. The predicted octanol–water partition coefficient (Wildman–Crippen LogP) is 1.06. The Morgan fingerprint density at radius 1 is 1.47 bits per heavy atom. The summed E-state index contributed by atoms with van der Waals surface area (Å²) in [7, 11) is 0. The van der Waals surface area contributed by atoms with Crippen molar-refractivity contribution in [3.05, 3.63) is 28.8 Å². The standard InChI is InChI=1S/C13H15ClN4O/c14-11-7-10(8-15)1-2-12(11)17-9-13(19)18-5-3-16-4-6-18/h1-2,7,16-17H,3-6,9H2. The molecule has 0 spiro atoms. The summed E-state index contributed by atoms with van der Waals surface area (Å²) in [6.45, 7) is 3.36. The molecule has 0 aromatic heterocycles. The molecule has 2 rings (SSSR count). The Labute approximate surface area is 117 Å². The maximum atomic E-state index is 11.9. The third-order valence-electron chi connectivity index (χ3n) is 3.00. The quantitative estimate of drug-likeness (QED) is 0.867. The van der Waals surface area contributed by atoms with Crippen LogP contribution in [0.25, 0.3) is 0 Å². The number of anilines is 1. The Hall–Kier alpha value is -1.77. The molecule has 1 saturated heterocycles. The smallest absolute Gasteiger partial charge is 0.241 e. The van der Waals surface area contributed by atoms with Crippen LogP contribution in [0.4, 0.5) is 5.69 Å². The summed E-state index contributed by atoms with van der Waals surface area (Å²) >= 11 is 6.03. The van der Waals surface area contributed by atoms with Crippen molar-refractivity contribution in [3.63, 3.8) is 0 Å². The van der Waals surface area contributed by atoms with Gasteiger partial charge in [-0.2, -0.15) is 5.26 Å². The van der Waals surface area contributed by atoms with E-state index in [1.165, 1.54) is 0 Å². The van der Waals surface area contributed by atoms with Gasteiger partial charge in [-0.3, -0.25) is 4.79 Å². The van der Waals surface area contributed by atoms with Crippen LogP contribution in [-0.2, 0) is 4.79 Å². The van der Waals surface area contributed by atoms with E-state index in [9.17, 15) is 4.79 Å². The number of rotatable bonds is 3. The number of benzene rings is 1. The van der Waals surface area contributed by atoms with E-state index in [2.05, 4.69) is 10.6 Å². The number of carbonyl (C=O) groups is 1. The lowest BCUT2D eigenvalue weighted by atomic mass is 10.2. The first-order valence-corrected chi connectivity index (χ1v) is 6.50. The first-order valence-electron chi connectivity index (χ1n) is 6.13. The van der Waals surface area contributed by atoms with E-state index in [-0.39, 0.29) is 12.5 Å².